The molecule has 0 unspecified atom stereocenters. The molecule has 2 rings (SSSR count). The molecule has 0 fully saturated rings. The van der Waals surface area contributed by atoms with Gasteiger partial charge in [0, 0.05) is 6.08 Å². The van der Waals surface area contributed by atoms with E-state index in [2.05, 4.69) is 34.0 Å². The lowest BCUT2D eigenvalue weighted by molar-refractivity contribution is 0.492. The zero-order valence-electron chi connectivity index (χ0n) is 8.43. The summed E-state index contributed by atoms with van der Waals surface area (Å²) in [5.74, 6) is 4.76. The topological polar surface area (TPSA) is 66.7 Å². The van der Waals surface area contributed by atoms with Crippen molar-refractivity contribution in [1.29, 1.82) is 0 Å². The van der Waals surface area contributed by atoms with Crippen LogP contribution in [0.2, 0.25) is 0 Å². The van der Waals surface area contributed by atoms with Crippen molar-refractivity contribution in [3.63, 3.8) is 0 Å². The van der Waals surface area contributed by atoms with E-state index in [0.717, 1.165) is 0 Å². The average molecular weight is 243 g/mol. The van der Waals surface area contributed by atoms with Crippen molar-refractivity contribution >= 4 is 15.8 Å². The number of hydrogen-bond acceptors (Lipinski definition) is 3. The first-order valence-corrected chi connectivity index (χ1v) is 5.93. The molecule has 0 aromatic heterocycles. The molecule has 0 aromatic rings. The van der Waals surface area contributed by atoms with Gasteiger partial charge in [0.1, 0.15) is 11.4 Å². The number of nitrogens with zero attached hydrogens (tertiary/aromatic N) is 1. The molecule has 4 nitrogen and oxygen atoms in total. The minimum Gasteiger partial charge on any atom is -0.281 e. The molecule has 0 heterocycles. The van der Waals surface area contributed by atoms with E-state index in [1.165, 1.54) is 6.08 Å². The van der Waals surface area contributed by atoms with Gasteiger partial charge in [0.25, 0.3) is 0 Å². The zero-order chi connectivity index (χ0) is 12.3. The Morgan fingerprint density at radius 2 is 2.12 bits per heavy atom. The highest BCUT2D eigenvalue weighted by molar-refractivity contribution is 7.90. The maximum Gasteiger partial charge on any atom is 0.310 e. The lowest BCUT2D eigenvalue weighted by Gasteiger charge is -1.96. The lowest BCUT2D eigenvalue weighted by atomic mass is 10.2. The third-order valence-corrected chi connectivity index (χ3v) is 2.51. The maximum atomic E-state index is 10.7. The van der Waals surface area contributed by atoms with Crippen LogP contribution in [-0.4, -0.2) is 18.7 Å². The molecule has 17 heavy (non-hydrogen) atoms. The molecule has 0 atom stereocenters. The van der Waals surface area contributed by atoms with Gasteiger partial charge in [-0.3, -0.25) is 4.55 Å². The van der Waals surface area contributed by atoms with Crippen LogP contribution in [0.4, 0.5) is 0 Å². The van der Waals surface area contributed by atoms with Crippen LogP contribution in [0.3, 0.4) is 0 Å². The summed E-state index contributed by atoms with van der Waals surface area (Å²) in [6.45, 7) is 0. The lowest BCUT2D eigenvalue weighted by Crippen LogP contribution is -2.02. The third kappa shape index (κ3) is 2.84. The van der Waals surface area contributed by atoms with E-state index in [1.54, 1.807) is 18.2 Å². The molecule has 0 aliphatic heterocycles. The monoisotopic (exact) mass is 243 g/mol. The molecule has 0 aromatic carbocycles. The fraction of sp³-hybridized carbons (Fsp3) is 0. The number of aliphatic imine (C=N–C) groups is 1. The van der Waals surface area contributed by atoms with Crippen molar-refractivity contribution in [1.82, 2.24) is 0 Å². The standard InChI is InChI=1S/C12H5NO3S/c14-17(15,16)12-8-6-11(7-9-12)13-10-4-2-1-3-5-10/h1-2,4,6H,(H,14,15,16). The van der Waals surface area contributed by atoms with Crippen molar-refractivity contribution in [2.45, 2.75) is 0 Å². The Labute approximate surface area is 98.1 Å². The molecule has 0 amide bonds. The second-order valence-electron chi connectivity index (χ2n) is 3.02. The predicted molar refractivity (Wildman–Crippen MR) is 62.6 cm³/mol. The van der Waals surface area contributed by atoms with Crippen molar-refractivity contribution in [2.75, 3.05) is 0 Å². The second kappa shape index (κ2) is 4.29. The first kappa shape index (κ1) is 11.2. The smallest absolute Gasteiger partial charge is 0.281 e. The third-order valence-electron chi connectivity index (χ3n) is 1.78. The zero-order valence-corrected chi connectivity index (χ0v) is 9.25. The molecule has 0 saturated carbocycles. The van der Waals surface area contributed by atoms with E-state index < -0.39 is 15.0 Å². The van der Waals surface area contributed by atoms with E-state index >= 15 is 0 Å². The molecule has 0 bridgehead atoms. The van der Waals surface area contributed by atoms with Crippen molar-refractivity contribution in [3.8, 4) is 11.8 Å². The summed E-state index contributed by atoms with van der Waals surface area (Å²) in [4.78, 5) is 3.62. The van der Waals surface area contributed by atoms with Gasteiger partial charge in [-0.05, 0) is 29.7 Å². The van der Waals surface area contributed by atoms with Gasteiger partial charge >= 0.3 is 10.1 Å². The normalized spacial score (nSPS) is 18.8. The quantitative estimate of drug-likeness (QED) is 0.449. The van der Waals surface area contributed by atoms with Gasteiger partial charge in [0.15, 0.2) is 4.91 Å². The van der Waals surface area contributed by atoms with Gasteiger partial charge in [-0.1, -0.05) is 17.5 Å². The van der Waals surface area contributed by atoms with Crippen LogP contribution in [-0.2, 0) is 10.1 Å². The summed E-state index contributed by atoms with van der Waals surface area (Å²) in [6, 6.07) is 0. The number of hydrogen-bond donors (Lipinski definition) is 1. The van der Waals surface area contributed by atoms with Crippen molar-refractivity contribution in [2.24, 2.45) is 4.99 Å². The first-order chi connectivity index (χ1) is 8.05. The summed E-state index contributed by atoms with van der Waals surface area (Å²) in [6.07, 6.45) is 6.43. The Balaban J connectivity index is 2.39. The van der Waals surface area contributed by atoms with Gasteiger partial charge in [-0.15, -0.1) is 0 Å². The Kier molecular flexibility index (Phi) is 2.82. The van der Waals surface area contributed by atoms with Crippen LogP contribution in [0.15, 0.2) is 57.1 Å². The van der Waals surface area contributed by atoms with Gasteiger partial charge in [-0.25, -0.2) is 4.99 Å². The highest BCUT2D eigenvalue weighted by atomic mass is 32.2. The first-order valence-electron chi connectivity index (χ1n) is 4.49. The molecule has 5 heteroatoms. The van der Waals surface area contributed by atoms with E-state index in [1.807, 2.05) is 0 Å². The number of rotatable bonds is 2. The van der Waals surface area contributed by atoms with E-state index in [-0.39, 0.29) is 0 Å². The largest absolute Gasteiger partial charge is 0.310 e. The Hall–Kier alpha value is -2.30. The Bertz CT molecular complexity index is 763. The van der Waals surface area contributed by atoms with Crippen LogP contribution >= 0.6 is 0 Å². The van der Waals surface area contributed by atoms with Crippen LogP contribution in [0, 0.1) is 11.8 Å². The molecule has 1 N–H and O–H groups in total. The molecule has 0 radical (unpaired) electrons. The minimum absolute atomic E-state index is 0.341. The van der Waals surface area contributed by atoms with E-state index in [0.29, 0.717) is 11.4 Å². The second-order valence-corrected chi connectivity index (χ2v) is 4.38. The van der Waals surface area contributed by atoms with Crippen molar-refractivity contribution in [3.05, 3.63) is 52.1 Å². The van der Waals surface area contributed by atoms with Gasteiger partial charge in [0.2, 0.25) is 0 Å². The van der Waals surface area contributed by atoms with Gasteiger partial charge in [-0.2, -0.15) is 8.42 Å². The molecule has 82 valence electrons. The van der Waals surface area contributed by atoms with Crippen molar-refractivity contribution < 1.29 is 13.0 Å². The SMILES string of the molecule is O=S(=O)(O)C1=C=CC(=NC2=C=C=CC=C2)C#C1. The summed E-state index contributed by atoms with van der Waals surface area (Å²) < 4.78 is 30.2. The van der Waals surface area contributed by atoms with Crippen LogP contribution in [0.25, 0.3) is 0 Å². The van der Waals surface area contributed by atoms with Crippen LogP contribution in [0.1, 0.15) is 0 Å². The number of allylic oxidation sites excluding steroid dienone is 4. The highest BCUT2D eigenvalue weighted by Gasteiger charge is 2.12. The van der Waals surface area contributed by atoms with Gasteiger partial charge < -0.3 is 0 Å². The Morgan fingerprint density at radius 1 is 1.29 bits per heavy atom. The minimum atomic E-state index is -4.29. The van der Waals surface area contributed by atoms with Crippen LogP contribution < -0.4 is 0 Å². The molecular formula is C12H5NO3S. The molecule has 0 saturated heterocycles. The molecule has 2 aliphatic rings. The summed E-state index contributed by atoms with van der Waals surface area (Å²) in [5.41, 5.74) is 8.71. The summed E-state index contributed by atoms with van der Waals surface area (Å²) in [5, 5.41) is 0. The predicted octanol–water partition coefficient (Wildman–Crippen LogP) is 1.14. The fourth-order valence-electron chi connectivity index (χ4n) is 1.07. The summed E-state index contributed by atoms with van der Waals surface area (Å²) >= 11 is 0. The Morgan fingerprint density at radius 3 is 2.65 bits per heavy atom. The molecule has 0 spiro atoms. The van der Waals surface area contributed by atoms with E-state index in [4.69, 9.17) is 4.55 Å². The molecular weight excluding hydrogens is 238 g/mol. The fourth-order valence-corrected chi connectivity index (χ4v) is 1.45. The maximum absolute atomic E-state index is 10.7. The average Bonchev–Trinajstić information content (AvgIpc) is 2.30. The summed E-state index contributed by atoms with van der Waals surface area (Å²) in [7, 11) is -4.29. The molecule has 2 aliphatic carbocycles. The highest BCUT2D eigenvalue weighted by Crippen LogP contribution is 2.06. The van der Waals surface area contributed by atoms with Gasteiger partial charge in [0.05, 0.1) is 0 Å². The van der Waals surface area contributed by atoms with Crippen LogP contribution in [0.5, 0.6) is 0 Å². The van der Waals surface area contributed by atoms with E-state index in [9.17, 15) is 8.42 Å².